The third-order valence-corrected chi connectivity index (χ3v) is 3.78. The lowest BCUT2D eigenvalue weighted by molar-refractivity contribution is 0.0600. The summed E-state index contributed by atoms with van der Waals surface area (Å²) in [5.41, 5.74) is 1.15. The molecule has 0 aliphatic rings. The Kier molecular flexibility index (Phi) is 5.59. The van der Waals surface area contributed by atoms with Gasteiger partial charge in [0.1, 0.15) is 17.5 Å². The van der Waals surface area contributed by atoms with Crippen molar-refractivity contribution in [2.75, 3.05) is 17.7 Å². The van der Waals surface area contributed by atoms with Crippen molar-refractivity contribution in [2.24, 2.45) is 0 Å². The maximum atomic E-state index is 13.8. The van der Waals surface area contributed by atoms with E-state index in [0.29, 0.717) is 11.3 Å². The minimum atomic E-state index is -0.776. The molecule has 0 bridgehead atoms. The number of methoxy groups -OCH3 is 1. The molecule has 0 saturated carbocycles. The van der Waals surface area contributed by atoms with Crippen molar-refractivity contribution in [1.29, 1.82) is 0 Å². The molecule has 2 aromatic carbocycles. The molecule has 1 amide bonds. The number of hydrogen-bond donors (Lipinski definition) is 2. The molecule has 0 aliphatic carbocycles. The van der Waals surface area contributed by atoms with Gasteiger partial charge in [0.25, 0.3) is 5.91 Å². The highest BCUT2D eigenvalue weighted by molar-refractivity contribution is 6.04. The molecule has 3 rings (SSSR count). The summed E-state index contributed by atoms with van der Waals surface area (Å²) in [6.07, 6.45) is 1.39. The normalized spacial score (nSPS) is 10.2. The number of carbonyl (C=O) groups excluding carboxylic acids is 2. The van der Waals surface area contributed by atoms with Crippen LogP contribution < -0.4 is 10.6 Å². The zero-order valence-electron chi connectivity index (χ0n) is 14.7. The third kappa shape index (κ3) is 4.47. The molecule has 142 valence electrons. The Labute approximate surface area is 159 Å². The molecule has 0 atom stereocenters. The second-order valence-electron chi connectivity index (χ2n) is 5.70. The first-order valence-electron chi connectivity index (χ1n) is 8.14. The van der Waals surface area contributed by atoms with E-state index in [9.17, 15) is 18.4 Å². The van der Waals surface area contributed by atoms with Gasteiger partial charge >= 0.3 is 5.97 Å². The first-order chi connectivity index (χ1) is 13.5. The fourth-order valence-corrected chi connectivity index (χ4v) is 2.38. The quantitative estimate of drug-likeness (QED) is 0.647. The minimum Gasteiger partial charge on any atom is -0.465 e. The number of nitrogens with one attached hydrogen (secondary N) is 2. The number of benzene rings is 2. The molecule has 1 heterocycles. The van der Waals surface area contributed by atoms with Gasteiger partial charge in [-0.2, -0.15) is 0 Å². The van der Waals surface area contributed by atoms with E-state index in [1.165, 1.54) is 43.6 Å². The number of carbonyl (C=O) groups is 2. The Balaban J connectivity index is 1.72. The average Bonchev–Trinajstić information content (AvgIpc) is 2.70. The van der Waals surface area contributed by atoms with Crippen molar-refractivity contribution in [3.05, 3.63) is 83.6 Å². The Morgan fingerprint density at radius 3 is 2.39 bits per heavy atom. The monoisotopic (exact) mass is 383 g/mol. The number of nitrogens with zero attached hydrogens (tertiary/aromatic N) is 1. The van der Waals surface area contributed by atoms with Gasteiger partial charge in [-0.05, 0) is 48.5 Å². The summed E-state index contributed by atoms with van der Waals surface area (Å²) in [5.74, 6) is -2.14. The van der Waals surface area contributed by atoms with E-state index >= 15 is 0 Å². The molecule has 0 aliphatic heterocycles. The molecule has 0 fully saturated rings. The predicted molar refractivity (Wildman–Crippen MR) is 99.6 cm³/mol. The Bertz CT molecular complexity index is 1020. The number of aromatic nitrogens is 1. The van der Waals surface area contributed by atoms with Gasteiger partial charge in [0, 0.05) is 23.5 Å². The van der Waals surface area contributed by atoms with Crippen LogP contribution in [0.25, 0.3) is 0 Å². The standard InChI is InChI=1S/C20H15F2N3O3/c1-28-20(27)12-2-5-15(6-3-12)24-19(26)13-8-9-23-18(10-13)25-17-7-4-14(21)11-16(17)22/h2-11H,1H3,(H,23,25)(H,24,26). The molecule has 2 N–H and O–H groups in total. The Morgan fingerprint density at radius 1 is 0.964 bits per heavy atom. The van der Waals surface area contributed by atoms with Crippen LogP contribution in [0, 0.1) is 11.6 Å². The number of pyridine rings is 1. The van der Waals surface area contributed by atoms with Crippen LogP contribution in [-0.4, -0.2) is 24.0 Å². The SMILES string of the molecule is COC(=O)c1ccc(NC(=O)c2ccnc(Nc3ccc(F)cc3F)c2)cc1. The van der Waals surface area contributed by atoms with E-state index in [2.05, 4.69) is 20.4 Å². The molecule has 0 saturated heterocycles. The van der Waals surface area contributed by atoms with Crippen molar-refractivity contribution in [2.45, 2.75) is 0 Å². The van der Waals surface area contributed by atoms with Gasteiger partial charge in [-0.1, -0.05) is 0 Å². The maximum Gasteiger partial charge on any atom is 0.337 e. The van der Waals surface area contributed by atoms with Crippen molar-refractivity contribution in [3.8, 4) is 0 Å². The first kappa shape index (κ1) is 19.0. The zero-order chi connectivity index (χ0) is 20.1. The van der Waals surface area contributed by atoms with Gasteiger partial charge in [-0.3, -0.25) is 4.79 Å². The fraction of sp³-hybridized carbons (Fsp3) is 0.0500. The number of ether oxygens (including phenoxy) is 1. The van der Waals surface area contributed by atoms with Gasteiger partial charge in [-0.15, -0.1) is 0 Å². The number of rotatable bonds is 5. The molecular weight excluding hydrogens is 368 g/mol. The fourth-order valence-electron chi connectivity index (χ4n) is 2.38. The molecule has 0 radical (unpaired) electrons. The maximum absolute atomic E-state index is 13.8. The lowest BCUT2D eigenvalue weighted by atomic mass is 10.2. The van der Waals surface area contributed by atoms with Gasteiger partial charge in [0.2, 0.25) is 0 Å². The topological polar surface area (TPSA) is 80.3 Å². The summed E-state index contributed by atoms with van der Waals surface area (Å²) >= 11 is 0. The van der Waals surface area contributed by atoms with E-state index in [1.54, 1.807) is 12.1 Å². The third-order valence-electron chi connectivity index (χ3n) is 3.78. The number of anilines is 3. The summed E-state index contributed by atoms with van der Waals surface area (Å²) in [5, 5.41) is 5.38. The molecule has 6 nitrogen and oxygen atoms in total. The van der Waals surface area contributed by atoms with Crippen molar-refractivity contribution >= 4 is 29.1 Å². The molecule has 3 aromatic rings. The molecule has 1 aromatic heterocycles. The number of esters is 1. The van der Waals surface area contributed by atoms with E-state index in [4.69, 9.17) is 0 Å². The molecule has 0 spiro atoms. The predicted octanol–water partition coefficient (Wildman–Crippen LogP) is 4.14. The van der Waals surface area contributed by atoms with Crippen molar-refractivity contribution in [1.82, 2.24) is 4.98 Å². The summed E-state index contributed by atoms with van der Waals surface area (Å²) in [6.45, 7) is 0. The lowest BCUT2D eigenvalue weighted by Gasteiger charge is -2.09. The second-order valence-corrected chi connectivity index (χ2v) is 5.70. The van der Waals surface area contributed by atoms with Crippen molar-refractivity contribution < 1.29 is 23.1 Å². The van der Waals surface area contributed by atoms with Crippen LogP contribution in [0.5, 0.6) is 0 Å². The van der Waals surface area contributed by atoms with E-state index in [-0.39, 0.29) is 17.1 Å². The molecule has 0 unspecified atom stereocenters. The lowest BCUT2D eigenvalue weighted by Crippen LogP contribution is -2.12. The summed E-state index contributed by atoms with van der Waals surface area (Å²) in [7, 11) is 1.28. The van der Waals surface area contributed by atoms with Gasteiger partial charge in [0.15, 0.2) is 0 Å². The van der Waals surface area contributed by atoms with Crippen LogP contribution in [0.4, 0.5) is 26.0 Å². The van der Waals surface area contributed by atoms with Crippen LogP contribution in [-0.2, 0) is 4.74 Å². The highest BCUT2D eigenvalue weighted by Gasteiger charge is 2.11. The Morgan fingerprint density at radius 2 is 1.71 bits per heavy atom. The van der Waals surface area contributed by atoms with Gasteiger partial charge < -0.3 is 15.4 Å². The largest absolute Gasteiger partial charge is 0.465 e. The van der Waals surface area contributed by atoms with Crippen LogP contribution in [0.2, 0.25) is 0 Å². The highest BCUT2D eigenvalue weighted by atomic mass is 19.1. The van der Waals surface area contributed by atoms with E-state index in [1.807, 2.05) is 0 Å². The van der Waals surface area contributed by atoms with Crippen LogP contribution in [0.1, 0.15) is 20.7 Å². The van der Waals surface area contributed by atoms with E-state index in [0.717, 1.165) is 12.1 Å². The molecule has 28 heavy (non-hydrogen) atoms. The second kappa shape index (κ2) is 8.26. The van der Waals surface area contributed by atoms with Gasteiger partial charge in [-0.25, -0.2) is 18.6 Å². The minimum absolute atomic E-state index is 0.0323. The van der Waals surface area contributed by atoms with Gasteiger partial charge in [0.05, 0.1) is 18.4 Å². The summed E-state index contributed by atoms with van der Waals surface area (Å²) in [4.78, 5) is 27.9. The number of hydrogen-bond acceptors (Lipinski definition) is 5. The number of halogens is 2. The summed E-state index contributed by atoms with van der Waals surface area (Å²) in [6, 6.07) is 12.2. The summed E-state index contributed by atoms with van der Waals surface area (Å²) < 4.78 is 31.4. The molecular formula is C20H15F2N3O3. The molecule has 8 heteroatoms. The average molecular weight is 383 g/mol. The smallest absolute Gasteiger partial charge is 0.337 e. The first-order valence-corrected chi connectivity index (χ1v) is 8.14. The van der Waals surface area contributed by atoms with Crippen molar-refractivity contribution in [3.63, 3.8) is 0 Å². The Hall–Kier alpha value is -3.81. The van der Waals surface area contributed by atoms with E-state index < -0.39 is 23.5 Å². The van der Waals surface area contributed by atoms with Crippen LogP contribution >= 0.6 is 0 Å². The highest BCUT2D eigenvalue weighted by Crippen LogP contribution is 2.20. The van der Waals surface area contributed by atoms with Crippen LogP contribution in [0.3, 0.4) is 0 Å². The zero-order valence-corrected chi connectivity index (χ0v) is 14.7. The van der Waals surface area contributed by atoms with Crippen LogP contribution in [0.15, 0.2) is 60.8 Å². The number of amides is 1.